The lowest BCUT2D eigenvalue weighted by Crippen LogP contribution is -2.12. The largest absolute Gasteiger partial charge is 0.318 e. The van der Waals surface area contributed by atoms with Crippen molar-refractivity contribution in [3.63, 3.8) is 0 Å². The fourth-order valence-electron chi connectivity index (χ4n) is 0.889. The van der Waals surface area contributed by atoms with Crippen LogP contribution in [0.3, 0.4) is 0 Å². The number of carbonyl (C=O) groups excluding carboxylic acids is 1. The van der Waals surface area contributed by atoms with E-state index >= 15 is 0 Å². The van der Waals surface area contributed by atoms with Crippen molar-refractivity contribution in [2.24, 2.45) is 0 Å². The van der Waals surface area contributed by atoms with E-state index in [1.165, 1.54) is 17.5 Å². The summed E-state index contributed by atoms with van der Waals surface area (Å²) in [4.78, 5) is 15.5. The van der Waals surface area contributed by atoms with Crippen molar-refractivity contribution < 1.29 is 4.79 Å². The minimum atomic E-state index is -0.250. The zero-order valence-corrected chi connectivity index (χ0v) is 9.22. The molecule has 0 unspecified atom stereocenters. The van der Waals surface area contributed by atoms with Crippen molar-refractivity contribution in [1.29, 1.82) is 0 Å². The van der Waals surface area contributed by atoms with Crippen molar-refractivity contribution in [2.45, 2.75) is 0 Å². The second-order valence-corrected chi connectivity index (χ2v) is 4.59. The van der Waals surface area contributed by atoms with Gasteiger partial charge in [-0.2, -0.15) is 5.10 Å². The van der Waals surface area contributed by atoms with Crippen LogP contribution in [0.2, 0.25) is 0 Å². The summed E-state index contributed by atoms with van der Waals surface area (Å²) in [7, 11) is 0. The number of nitrogens with one attached hydrogen (secondary N) is 2. The van der Waals surface area contributed by atoms with Gasteiger partial charge in [-0.1, -0.05) is 0 Å². The van der Waals surface area contributed by atoms with Gasteiger partial charge in [-0.25, -0.2) is 4.98 Å². The van der Waals surface area contributed by atoms with Crippen LogP contribution in [-0.2, 0) is 0 Å². The van der Waals surface area contributed by atoms with E-state index in [0.29, 0.717) is 11.4 Å². The zero-order valence-electron chi connectivity index (χ0n) is 6.82. The summed E-state index contributed by atoms with van der Waals surface area (Å²) in [5, 5.41) is 8.96. The Hall–Kier alpha value is -1.21. The van der Waals surface area contributed by atoms with E-state index in [1.807, 2.05) is 0 Å². The molecule has 72 valence electrons. The normalized spacial score (nSPS) is 10.1. The number of halogens is 1. The molecule has 0 atom stereocenters. The van der Waals surface area contributed by atoms with E-state index in [1.54, 1.807) is 11.7 Å². The average Bonchev–Trinajstić information content (AvgIpc) is 2.75. The quantitative estimate of drug-likeness (QED) is 0.877. The Morgan fingerprint density at radius 1 is 1.64 bits per heavy atom. The first-order valence-corrected chi connectivity index (χ1v) is 5.34. The summed E-state index contributed by atoms with van der Waals surface area (Å²) in [6.45, 7) is 0. The third-order valence-electron chi connectivity index (χ3n) is 1.50. The van der Waals surface area contributed by atoms with Gasteiger partial charge in [0, 0.05) is 6.20 Å². The number of aromatic amines is 1. The lowest BCUT2D eigenvalue weighted by molar-refractivity contribution is 0.102. The molecule has 0 aliphatic heterocycles. The fourth-order valence-corrected chi connectivity index (χ4v) is 1.93. The van der Waals surface area contributed by atoms with Crippen LogP contribution in [0.25, 0.3) is 0 Å². The molecule has 0 bridgehead atoms. The molecule has 0 saturated carbocycles. The smallest absolute Gasteiger partial charge is 0.276 e. The highest BCUT2D eigenvalue weighted by Gasteiger charge is 2.13. The van der Waals surface area contributed by atoms with Gasteiger partial charge in [0.15, 0.2) is 5.69 Å². The van der Waals surface area contributed by atoms with Crippen LogP contribution in [0, 0.1) is 0 Å². The molecule has 0 spiro atoms. The van der Waals surface area contributed by atoms with Gasteiger partial charge in [0.25, 0.3) is 5.91 Å². The summed E-state index contributed by atoms with van der Waals surface area (Å²) >= 11 is 4.61. The monoisotopic (exact) mass is 272 g/mol. The van der Waals surface area contributed by atoms with Crippen LogP contribution >= 0.6 is 27.3 Å². The van der Waals surface area contributed by atoms with Gasteiger partial charge in [0.1, 0.15) is 3.79 Å². The summed E-state index contributed by atoms with van der Waals surface area (Å²) < 4.78 is 0.721. The van der Waals surface area contributed by atoms with Crippen molar-refractivity contribution in [3.8, 4) is 0 Å². The number of carbonyl (C=O) groups is 1. The number of nitrogens with zero attached hydrogens (tertiary/aromatic N) is 2. The predicted molar refractivity (Wildman–Crippen MR) is 56.4 cm³/mol. The van der Waals surface area contributed by atoms with Crippen molar-refractivity contribution >= 4 is 38.9 Å². The van der Waals surface area contributed by atoms with Crippen LogP contribution in [0.15, 0.2) is 21.7 Å². The highest BCUT2D eigenvalue weighted by Crippen LogP contribution is 2.21. The molecule has 0 fully saturated rings. The maximum atomic E-state index is 11.6. The number of hydrogen-bond donors (Lipinski definition) is 2. The Labute approximate surface area is 91.7 Å². The molecule has 2 heterocycles. The average molecular weight is 273 g/mol. The molecule has 2 aromatic heterocycles. The third kappa shape index (κ3) is 1.83. The molecule has 2 aromatic rings. The van der Waals surface area contributed by atoms with Crippen molar-refractivity contribution in [1.82, 2.24) is 15.2 Å². The van der Waals surface area contributed by atoms with Crippen molar-refractivity contribution in [2.75, 3.05) is 5.32 Å². The van der Waals surface area contributed by atoms with E-state index in [9.17, 15) is 4.79 Å². The molecule has 2 rings (SSSR count). The maximum absolute atomic E-state index is 11.6. The van der Waals surface area contributed by atoms with Gasteiger partial charge in [0.2, 0.25) is 0 Å². The summed E-state index contributed by atoms with van der Waals surface area (Å²) in [5.41, 5.74) is 2.61. The number of rotatable bonds is 2. The van der Waals surface area contributed by atoms with E-state index in [2.05, 4.69) is 36.4 Å². The van der Waals surface area contributed by atoms with Crippen molar-refractivity contribution in [3.05, 3.63) is 27.4 Å². The predicted octanol–water partition coefficient (Wildman–Crippen LogP) is 1.88. The van der Waals surface area contributed by atoms with Gasteiger partial charge in [0.05, 0.1) is 17.4 Å². The Kier molecular flexibility index (Phi) is 2.60. The number of aromatic nitrogens is 3. The van der Waals surface area contributed by atoms with Gasteiger partial charge in [-0.05, 0) is 15.9 Å². The Morgan fingerprint density at radius 2 is 2.50 bits per heavy atom. The lowest BCUT2D eigenvalue weighted by atomic mass is 10.4. The summed E-state index contributed by atoms with van der Waals surface area (Å²) in [5.74, 6) is -0.250. The van der Waals surface area contributed by atoms with E-state index in [4.69, 9.17) is 0 Å². The molecule has 0 radical (unpaired) electrons. The second kappa shape index (κ2) is 3.89. The molecule has 7 heteroatoms. The first-order chi connectivity index (χ1) is 6.77. The maximum Gasteiger partial charge on any atom is 0.276 e. The van der Waals surface area contributed by atoms with Crippen LogP contribution in [-0.4, -0.2) is 21.1 Å². The second-order valence-electron chi connectivity index (χ2n) is 2.42. The molecule has 0 aromatic carbocycles. The third-order valence-corrected chi connectivity index (χ3v) is 3.04. The summed E-state index contributed by atoms with van der Waals surface area (Å²) in [6, 6.07) is 0. The highest BCUT2D eigenvalue weighted by atomic mass is 79.9. The molecule has 14 heavy (non-hydrogen) atoms. The van der Waals surface area contributed by atoms with Gasteiger partial charge in [-0.15, -0.1) is 11.3 Å². The molecule has 2 N–H and O–H groups in total. The standard InChI is InChI=1S/C7H5BrN4OS/c8-6-5(9-3-14-6)7(13)12-4-1-10-11-2-4/h1-3H,(H,10,11)(H,12,13). The van der Waals surface area contributed by atoms with Crippen LogP contribution in [0.5, 0.6) is 0 Å². The topological polar surface area (TPSA) is 70.7 Å². The first kappa shape index (κ1) is 9.35. The van der Waals surface area contributed by atoms with Crippen LogP contribution < -0.4 is 5.32 Å². The number of H-pyrrole nitrogens is 1. The SMILES string of the molecule is O=C(Nc1cn[nH]c1)c1ncsc1Br. The minimum Gasteiger partial charge on any atom is -0.318 e. The van der Waals surface area contributed by atoms with Crippen LogP contribution in [0.4, 0.5) is 5.69 Å². The Morgan fingerprint density at radius 3 is 3.07 bits per heavy atom. The molecule has 0 aliphatic carbocycles. The van der Waals surface area contributed by atoms with Gasteiger partial charge in [-0.3, -0.25) is 9.89 Å². The molecular formula is C7H5BrN4OS. The summed E-state index contributed by atoms with van der Waals surface area (Å²) in [6.07, 6.45) is 3.12. The first-order valence-electron chi connectivity index (χ1n) is 3.66. The molecular weight excluding hydrogens is 268 g/mol. The zero-order chi connectivity index (χ0) is 9.97. The fraction of sp³-hybridized carbons (Fsp3) is 0. The Bertz CT molecular complexity index is 438. The van der Waals surface area contributed by atoms with E-state index < -0.39 is 0 Å². The number of anilines is 1. The van der Waals surface area contributed by atoms with E-state index in [-0.39, 0.29) is 5.91 Å². The number of amides is 1. The highest BCUT2D eigenvalue weighted by molar-refractivity contribution is 9.11. The molecule has 0 aliphatic rings. The molecule has 0 saturated heterocycles. The Balaban J connectivity index is 2.14. The van der Waals surface area contributed by atoms with Crippen LogP contribution in [0.1, 0.15) is 10.5 Å². The lowest BCUT2D eigenvalue weighted by Gasteiger charge is -1.98. The molecule has 1 amide bonds. The number of hydrogen-bond acceptors (Lipinski definition) is 4. The minimum absolute atomic E-state index is 0.250. The van der Waals surface area contributed by atoms with Gasteiger partial charge >= 0.3 is 0 Å². The van der Waals surface area contributed by atoms with Gasteiger partial charge < -0.3 is 5.32 Å². The van der Waals surface area contributed by atoms with E-state index in [0.717, 1.165) is 3.79 Å². The number of thiazole rings is 1. The molecule has 5 nitrogen and oxygen atoms in total.